The van der Waals surface area contributed by atoms with Crippen molar-refractivity contribution in [1.29, 1.82) is 0 Å². The van der Waals surface area contributed by atoms with Crippen LogP contribution >= 0.6 is 0 Å². The Bertz CT molecular complexity index is 1150. The van der Waals surface area contributed by atoms with Gasteiger partial charge in [0.2, 0.25) is 11.7 Å². The maximum absolute atomic E-state index is 13.1. The highest BCUT2D eigenvalue weighted by Gasteiger charge is 2.35. The van der Waals surface area contributed by atoms with Gasteiger partial charge in [0.1, 0.15) is 5.52 Å². The number of nitrogens with zero attached hydrogens (tertiary/aromatic N) is 2. The van der Waals surface area contributed by atoms with Gasteiger partial charge in [-0.25, -0.2) is 0 Å². The highest BCUT2D eigenvalue weighted by atomic mass is 16.5. The number of benzene rings is 2. The van der Waals surface area contributed by atoms with E-state index in [1.165, 1.54) is 5.56 Å². The van der Waals surface area contributed by atoms with E-state index in [4.69, 9.17) is 9.26 Å². The third-order valence-electron chi connectivity index (χ3n) is 7.33. The molecule has 1 aromatic heterocycles. The minimum absolute atomic E-state index is 0.129. The fraction of sp³-hybridized carbons (Fsp3) is 0.444. The number of amides is 2. The first-order chi connectivity index (χ1) is 16.6. The molecule has 1 saturated carbocycles. The summed E-state index contributed by atoms with van der Waals surface area (Å²) in [4.78, 5) is 27.8. The fourth-order valence-corrected chi connectivity index (χ4v) is 5.48. The van der Waals surface area contributed by atoms with Crippen LogP contribution in [-0.2, 0) is 9.53 Å². The van der Waals surface area contributed by atoms with Crippen molar-refractivity contribution < 1.29 is 18.8 Å². The molecule has 0 bridgehead atoms. The lowest BCUT2D eigenvalue weighted by Gasteiger charge is -2.33. The Labute approximate surface area is 199 Å². The molecule has 0 unspecified atom stereocenters. The largest absolute Gasteiger partial charge is 0.383 e. The molecular formula is C27H31N3O4. The van der Waals surface area contributed by atoms with Gasteiger partial charge in [0.15, 0.2) is 0 Å². The number of anilines is 1. The molecule has 2 aliphatic rings. The zero-order valence-corrected chi connectivity index (χ0v) is 19.5. The summed E-state index contributed by atoms with van der Waals surface area (Å²) >= 11 is 0. The maximum Gasteiger partial charge on any atom is 0.294 e. The standard InChI is InChI=1S/C27H31N3O4/c1-33-17-22-5-4-16-30(22)27(32)20-10-8-18(9-11-20)19-12-14-21(15-13-19)28-26(31)25-23-6-2-3-7-24(23)29-34-25/h2-3,6-7,12-15,18,20,22H,4-5,8-11,16-17H2,1H3,(H,28,31)/t18-,20-,22-/m0/s1. The zero-order valence-electron chi connectivity index (χ0n) is 19.5. The van der Waals surface area contributed by atoms with Crippen LogP contribution in [0.3, 0.4) is 0 Å². The van der Waals surface area contributed by atoms with Crippen LogP contribution < -0.4 is 5.32 Å². The van der Waals surface area contributed by atoms with Gasteiger partial charge in [-0.15, -0.1) is 0 Å². The van der Waals surface area contributed by atoms with Crippen molar-refractivity contribution in [2.45, 2.75) is 50.5 Å². The quantitative estimate of drug-likeness (QED) is 0.559. The summed E-state index contributed by atoms with van der Waals surface area (Å²) in [5.41, 5.74) is 2.64. The van der Waals surface area contributed by atoms with E-state index in [2.05, 4.69) is 27.5 Å². The number of methoxy groups -OCH3 is 1. The van der Waals surface area contributed by atoms with Gasteiger partial charge in [0.25, 0.3) is 5.91 Å². The summed E-state index contributed by atoms with van der Waals surface area (Å²) in [5.74, 6) is 0.794. The first kappa shape index (κ1) is 22.6. The summed E-state index contributed by atoms with van der Waals surface area (Å²) < 4.78 is 10.6. The number of hydrogen-bond donors (Lipinski definition) is 1. The number of likely N-dealkylation sites (tertiary alicyclic amines) is 1. The summed E-state index contributed by atoms with van der Waals surface area (Å²) in [6, 6.07) is 15.6. The topological polar surface area (TPSA) is 84.7 Å². The lowest BCUT2D eigenvalue weighted by molar-refractivity contribution is -0.138. The first-order valence-electron chi connectivity index (χ1n) is 12.2. The van der Waals surface area contributed by atoms with Crippen molar-refractivity contribution in [3.8, 4) is 0 Å². The molecule has 1 aliphatic carbocycles. The monoisotopic (exact) mass is 461 g/mol. The average Bonchev–Trinajstić information content (AvgIpc) is 3.52. The minimum atomic E-state index is -0.311. The van der Waals surface area contributed by atoms with Crippen LogP contribution in [-0.4, -0.2) is 48.2 Å². The third-order valence-corrected chi connectivity index (χ3v) is 7.33. The van der Waals surface area contributed by atoms with Crippen molar-refractivity contribution in [1.82, 2.24) is 10.1 Å². The predicted molar refractivity (Wildman–Crippen MR) is 130 cm³/mol. The SMILES string of the molecule is COC[C@@H]1CCCN1C(=O)[C@H]1CC[C@H](c2ccc(NC(=O)c3onc4ccccc34)cc2)CC1. The van der Waals surface area contributed by atoms with Gasteiger partial charge in [0.05, 0.1) is 18.0 Å². The third kappa shape index (κ3) is 4.57. The van der Waals surface area contributed by atoms with Gasteiger partial charge >= 0.3 is 0 Å². The molecule has 34 heavy (non-hydrogen) atoms. The molecule has 7 heteroatoms. The van der Waals surface area contributed by atoms with Gasteiger partial charge in [-0.2, -0.15) is 0 Å². The maximum atomic E-state index is 13.1. The van der Waals surface area contributed by atoms with E-state index in [0.717, 1.165) is 50.8 Å². The van der Waals surface area contributed by atoms with Gasteiger partial charge in [0, 0.05) is 25.3 Å². The van der Waals surface area contributed by atoms with Gasteiger partial charge in [-0.05, 0) is 74.3 Å². The highest BCUT2D eigenvalue weighted by molar-refractivity contribution is 6.10. The van der Waals surface area contributed by atoms with Crippen LogP contribution in [0.4, 0.5) is 5.69 Å². The van der Waals surface area contributed by atoms with E-state index >= 15 is 0 Å². The van der Waals surface area contributed by atoms with E-state index < -0.39 is 0 Å². The van der Waals surface area contributed by atoms with Crippen LogP contribution in [0.25, 0.3) is 10.9 Å². The number of carbonyl (C=O) groups excluding carboxylic acids is 2. The number of aromatic nitrogens is 1. The second kappa shape index (κ2) is 9.97. The Balaban J connectivity index is 1.16. The molecule has 7 nitrogen and oxygen atoms in total. The molecule has 5 rings (SSSR count). The predicted octanol–water partition coefficient (Wildman–Crippen LogP) is 4.99. The molecule has 2 amide bonds. The summed E-state index contributed by atoms with van der Waals surface area (Å²) in [6.07, 6.45) is 5.99. The molecule has 0 spiro atoms. The Hall–Kier alpha value is -3.19. The molecule has 1 saturated heterocycles. The van der Waals surface area contributed by atoms with Crippen molar-refractivity contribution in [2.24, 2.45) is 5.92 Å². The number of nitrogens with one attached hydrogen (secondary N) is 1. The molecule has 0 radical (unpaired) electrons. The van der Waals surface area contributed by atoms with Crippen molar-refractivity contribution >= 4 is 28.4 Å². The van der Waals surface area contributed by atoms with Gasteiger partial charge in [-0.3, -0.25) is 9.59 Å². The second-order valence-corrected chi connectivity index (χ2v) is 9.44. The van der Waals surface area contributed by atoms with Crippen LogP contribution in [0.1, 0.15) is 60.6 Å². The second-order valence-electron chi connectivity index (χ2n) is 9.44. The fourth-order valence-electron chi connectivity index (χ4n) is 5.48. The van der Waals surface area contributed by atoms with Crippen LogP contribution in [0, 0.1) is 5.92 Å². The molecule has 1 N–H and O–H groups in total. The van der Waals surface area contributed by atoms with E-state index in [9.17, 15) is 9.59 Å². The zero-order chi connectivity index (χ0) is 23.5. The minimum Gasteiger partial charge on any atom is -0.383 e. The summed E-state index contributed by atoms with van der Waals surface area (Å²) in [7, 11) is 1.71. The Morgan fingerprint density at radius 1 is 1.06 bits per heavy atom. The normalized spacial score (nSPS) is 22.7. The number of rotatable bonds is 6. The molecule has 1 aliphatic heterocycles. The Morgan fingerprint density at radius 2 is 1.82 bits per heavy atom. The summed E-state index contributed by atoms with van der Waals surface area (Å²) in [5, 5.41) is 7.55. The van der Waals surface area contributed by atoms with Gasteiger partial charge in [-0.1, -0.05) is 29.4 Å². The molecule has 1 atom stereocenters. The number of fused-ring (bicyclic) bond motifs is 1. The van der Waals surface area contributed by atoms with E-state index in [1.807, 2.05) is 36.4 Å². The van der Waals surface area contributed by atoms with Crippen molar-refractivity contribution in [3.63, 3.8) is 0 Å². The molecular weight excluding hydrogens is 430 g/mol. The molecule has 2 aromatic carbocycles. The molecule has 178 valence electrons. The Morgan fingerprint density at radius 3 is 2.59 bits per heavy atom. The molecule has 3 aromatic rings. The van der Waals surface area contributed by atoms with Crippen LogP contribution in [0.2, 0.25) is 0 Å². The van der Waals surface area contributed by atoms with Crippen LogP contribution in [0.5, 0.6) is 0 Å². The average molecular weight is 462 g/mol. The highest BCUT2D eigenvalue weighted by Crippen LogP contribution is 2.37. The van der Waals surface area contributed by atoms with E-state index in [-0.39, 0.29) is 23.6 Å². The van der Waals surface area contributed by atoms with Crippen molar-refractivity contribution in [2.75, 3.05) is 25.6 Å². The Kier molecular flexibility index (Phi) is 6.63. The van der Waals surface area contributed by atoms with E-state index in [1.54, 1.807) is 7.11 Å². The lowest BCUT2D eigenvalue weighted by atomic mass is 9.78. The van der Waals surface area contributed by atoms with Crippen LogP contribution in [0.15, 0.2) is 53.1 Å². The molecule has 2 heterocycles. The van der Waals surface area contributed by atoms with E-state index in [0.29, 0.717) is 29.3 Å². The summed E-state index contributed by atoms with van der Waals surface area (Å²) in [6.45, 7) is 1.50. The lowest BCUT2D eigenvalue weighted by Crippen LogP contribution is -2.42. The smallest absolute Gasteiger partial charge is 0.294 e. The number of carbonyl (C=O) groups is 2. The van der Waals surface area contributed by atoms with Crippen molar-refractivity contribution in [3.05, 3.63) is 59.9 Å². The number of ether oxygens (including phenoxy) is 1. The molecule has 2 fully saturated rings. The van der Waals surface area contributed by atoms with Gasteiger partial charge < -0.3 is 19.5 Å². The first-order valence-corrected chi connectivity index (χ1v) is 12.2. The number of hydrogen-bond acceptors (Lipinski definition) is 5.